The summed E-state index contributed by atoms with van der Waals surface area (Å²) < 4.78 is 10.9. The Morgan fingerprint density at radius 2 is 2.40 bits per heavy atom. The number of hydrogen-bond acceptors (Lipinski definition) is 3. The molecule has 1 aromatic rings. The first-order valence-corrected chi connectivity index (χ1v) is 6.61. The van der Waals surface area contributed by atoms with E-state index in [4.69, 9.17) is 9.47 Å². The van der Waals surface area contributed by atoms with Gasteiger partial charge in [-0.05, 0) is 35.8 Å². The highest BCUT2D eigenvalue weighted by molar-refractivity contribution is 5.75. The van der Waals surface area contributed by atoms with Crippen LogP contribution in [0.5, 0.6) is 5.75 Å². The van der Waals surface area contributed by atoms with Gasteiger partial charge in [0, 0.05) is 13.1 Å². The second kappa shape index (κ2) is 6.91. The predicted octanol–water partition coefficient (Wildman–Crippen LogP) is 2.30. The number of benzene rings is 1. The third-order valence-corrected chi connectivity index (χ3v) is 2.84. The van der Waals surface area contributed by atoms with Gasteiger partial charge in [0.1, 0.15) is 18.5 Å². The molecule has 0 spiro atoms. The normalized spacial score (nSPS) is 16.9. The van der Waals surface area contributed by atoms with Crippen LogP contribution in [-0.2, 0) is 16.0 Å². The molecular weight excluding hydrogens is 254 g/mol. The Labute approximate surface area is 119 Å². The fourth-order valence-electron chi connectivity index (χ4n) is 1.76. The number of hydrogen-bond donors (Lipinski definition) is 1. The fraction of sp³-hybridized carbons (Fsp3) is 0.312. The molecule has 0 aliphatic carbocycles. The summed E-state index contributed by atoms with van der Waals surface area (Å²) in [5.74, 6) is 0.772. The molecule has 1 atom stereocenters. The van der Waals surface area contributed by atoms with Crippen molar-refractivity contribution >= 4 is 12.0 Å². The molecule has 1 unspecified atom stereocenters. The van der Waals surface area contributed by atoms with Crippen LogP contribution in [0.15, 0.2) is 37.1 Å². The molecule has 1 aromatic carbocycles. The summed E-state index contributed by atoms with van der Waals surface area (Å²) in [6, 6.07) is 5.92. The molecule has 20 heavy (non-hydrogen) atoms. The van der Waals surface area contributed by atoms with Gasteiger partial charge >= 0.3 is 0 Å². The van der Waals surface area contributed by atoms with Crippen molar-refractivity contribution in [3.63, 3.8) is 0 Å². The minimum Gasteiger partial charge on any atom is -0.490 e. The number of epoxide rings is 1. The zero-order valence-corrected chi connectivity index (χ0v) is 11.6. The van der Waals surface area contributed by atoms with Gasteiger partial charge in [0.2, 0.25) is 5.91 Å². The smallest absolute Gasteiger partial charge is 0.220 e. The van der Waals surface area contributed by atoms with Gasteiger partial charge in [0.15, 0.2) is 0 Å². The topological polar surface area (TPSA) is 50.9 Å². The second-order valence-electron chi connectivity index (χ2n) is 4.66. The Bertz CT molecular complexity index is 518. The average Bonchev–Trinajstić information content (AvgIpc) is 3.22. The molecule has 0 aromatic heterocycles. The van der Waals surface area contributed by atoms with Gasteiger partial charge in [-0.1, -0.05) is 12.1 Å². The van der Waals surface area contributed by atoms with E-state index in [2.05, 4.69) is 11.9 Å². The monoisotopic (exact) mass is 273 g/mol. The molecule has 0 radical (unpaired) electrons. The van der Waals surface area contributed by atoms with Gasteiger partial charge in [-0.2, -0.15) is 0 Å². The van der Waals surface area contributed by atoms with Crippen molar-refractivity contribution in [3.05, 3.63) is 48.2 Å². The van der Waals surface area contributed by atoms with Crippen molar-refractivity contribution in [2.24, 2.45) is 0 Å². The first-order valence-electron chi connectivity index (χ1n) is 6.61. The summed E-state index contributed by atoms with van der Waals surface area (Å²) in [4.78, 5) is 10.8. The maximum Gasteiger partial charge on any atom is 0.220 e. The molecule has 1 amide bonds. The van der Waals surface area contributed by atoms with Crippen molar-refractivity contribution < 1.29 is 14.3 Å². The van der Waals surface area contributed by atoms with Gasteiger partial charge in [-0.25, -0.2) is 0 Å². The summed E-state index contributed by atoms with van der Waals surface area (Å²) in [5, 5.41) is 2.62. The molecule has 1 aliphatic heterocycles. The lowest BCUT2D eigenvalue weighted by Gasteiger charge is -2.10. The highest BCUT2D eigenvalue weighted by Crippen LogP contribution is 2.23. The van der Waals surface area contributed by atoms with Gasteiger partial charge in [-0.3, -0.25) is 4.79 Å². The maximum atomic E-state index is 10.8. The molecule has 0 saturated carbocycles. The number of amides is 1. The van der Waals surface area contributed by atoms with Crippen LogP contribution in [0, 0.1) is 0 Å². The molecule has 1 N–H and O–H groups in total. The minimum absolute atomic E-state index is 0.0862. The van der Waals surface area contributed by atoms with Crippen molar-refractivity contribution in [3.8, 4) is 5.75 Å². The van der Waals surface area contributed by atoms with Crippen LogP contribution >= 0.6 is 0 Å². The Hall–Kier alpha value is -2.07. The Kier molecular flexibility index (Phi) is 4.96. The van der Waals surface area contributed by atoms with E-state index in [1.54, 1.807) is 6.20 Å². The van der Waals surface area contributed by atoms with Crippen LogP contribution in [-0.4, -0.2) is 25.2 Å². The molecule has 4 heteroatoms. The van der Waals surface area contributed by atoms with E-state index < -0.39 is 0 Å². The zero-order valence-electron chi connectivity index (χ0n) is 11.6. The summed E-state index contributed by atoms with van der Waals surface area (Å²) in [5.41, 5.74) is 2.08. The first kappa shape index (κ1) is 14.3. The number of carbonyl (C=O) groups excluding carboxylic acids is 1. The van der Waals surface area contributed by atoms with Crippen molar-refractivity contribution in [1.82, 2.24) is 5.32 Å². The highest BCUT2D eigenvalue weighted by atomic mass is 16.6. The van der Waals surface area contributed by atoms with Crippen LogP contribution < -0.4 is 10.1 Å². The third kappa shape index (κ3) is 4.55. The molecule has 4 nitrogen and oxygen atoms in total. The number of allylic oxidation sites excluding steroid dienone is 1. The summed E-state index contributed by atoms with van der Waals surface area (Å²) in [6.45, 7) is 6.62. The number of rotatable bonds is 7. The quantitative estimate of drug-likeness (QED) is 0.612. The number of nitrogens with one attached hydrogen (secondary N) is 1. The summed E-state index contributed by atoms with van der Waals surface area (Å²) in [6.07, 6.45) is 6.31. The lowest BCUT2D eigenvalue weighted by molar-refractivity contribution is -0.118. The van der Waals surface area contributed by atoms with E-state index in [0.29, 0.717) is 6.61 Å². The molecule has 2 rings (SSSR count). The Morgan fingerprint density at radius 1 is 1.60 bits per heavy atom. The molecule has 106 valence electrons. The lowest BCUT2D eigenvalue weighted by Crippen LogP contribution is -2.11. The maximum absolute atomic E-state index is 10.8. The van der Waals surface area contributed by atoms with E-state index in [0.717, 1.165) is 29.9 Å². The lowest BCUT2D eigenvalue weighted by atomic mass is 10.1. The van der Waals surface area contributed by atoms with E-state index in [-0.39, 0.29) is 12.0 Å². The van der Waals surface area contributed by atoms with Gasteiger partial charge in [-0.15, -0.1) is 6.58 Å². The fourth-order valence-corrected chi connectivity index (χ4v) is 1.76. The zero-order chi connectivity index (χ0) is 14.4. The standard InChI is InChI=1S/C16H19NO3/c1-3-4-14-9-13(7-8-17-12(2)18)5-6-16(14)20-11-15-10-19-15/h3,5-9,15H,1,4,10-11H2,2H3,(H,17,18). The average molecular weight is 273 g/mol. The van der Waals surface area contributed by atoms with Crippen LogP contribution in [0.2, 0.25) is 0 Å². The van der Waals surface area contributed by atoms with Crippen molar-refractivity contribution in [2.75, 3.05) is 13.2 Å². The van der Waals surface area contributed by atoms with Gasteiger partial charge < -0.3 is 14.8 Å². The molecule has 1 fully saturated rings. The van der Waals surface area contributed by atoms with Crippen molar-refractivity contribution in [2.45, 2.75) is 19.4 Å². The van der Waals surface area contributed by atoms with Crippen LogP contribution in [0.4, 0.5) is 0 Å². The van der Waals surface area contributed by atoms with Gasteiger partial charge in [0.25, 0.3) is 0 Å². The van der Waals surface area contributed by atoms with Crippen LogP contribution in [0.3, 0.4) is 0 Å². The van der Waals surface area contributed by atoms with Crippen LogP contribution in [0.25, 0.3) is 6.08 Å². The molecular formula is C16H19NO3. The predicted molar refractivity (Wildman–Crippen MR) is 78.4 cm³/mol. The van der Waals surface area contributed by atoms with E-state index >= 15 is 0 Å². The third-order valence-electron chi connectivity index (χ3n) is 2.84. The first-order chi connectivity index (χ1) is 9.69. The molecule has 1 aliphatic rings. The number of ether oxygens (including phenoxy) is 2. The van der Waals surface area contributed by atoms with E-state index in [9.17, 15) is 4.79 Å². The second-order valence-corrected chi connectivity index (χ2v) is 4.66. The van der Waals surface area contributed by atoms with E-state index in [1.807, 2.05) is 30.4 Å². The summed E-state index contributed by atoms with van der Waals surface area (Å²) in [7, 11) is 0. The van der Waals surface area contributed by atoms with Crippen LogP contribution in [0.1, 0.15) is 18.1 Å². The van der Waals surface area contributed by atoms with E-state index in [1.165, 1.54) is 6.92 Å². The molecule has 0 bridgehead atoms. The SMILES string of the molecule is C=CCc1cc(C=CNC(C)=O)ccc1OCC1CO1. The Morgan fingerprint density at radius 3 is 3.05 bits per heavy atom. The number of carbonyl (C=O) groups is 1. The summed E-state index contributed by atoms with van der Waals surface area (Å²) >= 11 is 0. The highest BCUT2D eigenvalue weighted by Gasteiger charge is 2.23. The molecule has 1 saturated heterocycles. The van der Waals surface area contributed by atoms with Crippen molar-refractivity contribution in [1.29, 1.82) is 0 Å². The largest absolute Gasteiger partial charge is 0.490 e. The van der Waals surface area contributed by atoms with Gasteiger partial charge in [0.05, 0.1) is 6.61 Å². The molecule has 1 heterocycles. The Balaban J connectivity index is 2.06. The minimum atomic E-state index is -0.0862.